The normalized spacial score (nSPS) is 18.3. The molecule has 1 fully saturated rings. The van der Waals surface area contributed by atoms with Crippen molar-refractivity contribution in [2.45, 2.75) is 97.9 Å². The molecule has 1 aromatic heterocycles. The van der Waals surface area contributed by atoms with E-state index in [9.17, 15) is 9.59 Å². The lowest BCUT2D eigenvalue weighted by molar-refractivity contribution is -0.140. The van der Waals surface area contributed by atoms with Crippen molar-refractivity contribution in [1.29, 1.82) is 0 Å². The second-order valence-electron chi connectivity index (χ2n) is 10.2. The van der Waals surface area contributed by atoms with E-state index < -0.39 is 0 Å². The molecule has 0 radical (unpaired) electrons. The van der Waals surface area contributed by atoms with Gasteiger partial charge in [0.2, 0.25) is 5.88 Å². The highest BCUT2D eigenvalue weighted by atomic mass is 16.5. The van der Waals surface area contributed by atoms with Crippen molar-refractivity contribution >= 4 is 11.8 Å². The van der Waals surface area contributed by atoms with Crippen molar-refractivity contribution in [3.05, 3.63) is 45.6 Å². The van der Waals surface area contributed by atoms with Gasteiger partial charge in [-0.05, 0) is 86.6 Å². The molecule has 0 N–H and O–H groups in total. The lowest BCUT2D eigenvalue weighted by Crippen LogP contribution is -2.27. The summed E-state index contributed by atoms with van der Waals surface area (Å²) in [5.41, 5.74) is 6.05. The van der Waals surface area contributed by atoms with Gasteiger partial charge in [0, 0.05) is 12.1 Å². The molecule has 0 spiro atoms. The number of aromatic nitrogens is 2. The van der Waals surface area contributed by atoms with E-state index in [1.165, 1.54) is 29.5 Å². The summed E-state index contributed by atoms with van der Waals surface area (Å²) < 4.78 is 7.48. The van der Waals surface area contributed by atoms with Crippen molar-refractivity contribution < 1.29 is 14.3 Å². The van der Waals surface area contributed by atoms with Crippen LogP contribution in [0.15, 0.2) is 12.3 Å². The van der Waals surface area contributed by atoms with E-state index in [-0.39, 0.29) is 23.1 Å². The first-order valence-corrected chi connectivity index (χ1v) is 12.2. The number of carbonyl (C=O) groups excluding carboxylic acids is 2. The predicted molar refractivity (Wildman–Crippen MR) is 125 cm³/mol. The molecule has 5 heteroatoms. The van der Waals surface area contributed by atoms with Gasteiger partial charge in [-0.25, -0.2) is 4.68 Å². The van der Waals surface area contributed by atoms with Crippen LogP contribution in [0.3, 0.4) is 0 Å². The molecule has 2 aromatic rings. The van der Waals surface area contributed by atoms with Crippen molar-refractivity contribution in [3.8, 4) is 5.88 Å². The van der Waals surface area contributed by atoms with Crippen LogP contribution in [0, 0.1) is 19.8 Å². The fourth-order valence-corrected chi connectivity index (χ4v) is 5.80. The number of rotatable bonds is 5. The largest absolute Gasteiger partial charge is 0.407 e. The Hall–Kier alpha value is -2.43. The van der Waals surface area contributed by atoms with Gasteiger partial charge < -0.3 is 4.74 Å². The zero-order valence-corrected chi connectivity index (χ0v) is 20.2. The Kier molecular flexibility index (Phi) is 6.28. The maximum absolute atomic E-state index is 13.8. The van der Waals surface area contributed by atoms with E-state index in [2.05, 4.69) is 32.8 Å². The molecule has 1 heterocycles. The fourth-order valence-electron chi connectivity index (χ4n) is 5.80. The van der Waals surface area contributed by atoms with E-state index in [1.807, 2.05) is 13.0 Å². The zero-order chi connectivity index (χ0) is 23.0. The van der Waals surface area contributed by atoms with Crippen LogP contribution in [0.4, 0.5) is 0 Å². The number of ether oxygens (including phenoxy) is 1. The molecule has 2 aliphatic carbocycles. The number of carbonyl (C=O) groups is 2. The summed E-state index contributed by atoms with van der Waals surface area (Å²) in [6, 6.07) is 2.02. The smallest absolute Gasteiger partial charge is 0.315 e. The SMILES string of the molecule is CCn1ncc(C(=O)c2cc(C)c3c(c2C)C(C)(C)CCC3)c1OC(=O)C1CCCCC1. The van der Waals surface area contributed by atoms with Crippen LogP contribution in [0.1, 0.15) is 104 Å². The molecule has 0 unspecified atom stereocenters. The summed E-state index contributed by atoms with van der Waals surface area (Å²) in [5, 5.41) is 4.37. The van der Waals surface area contributed by atoms with Crippen molar-refractivity contribution in [1.82, 2.24) is 9.78 Å². The highest BCUT2D eigenvalue weighted by molar-refractivity contribution is 6.12. The molecule has 172 valence electrons. The lowest BCUT2D eigenvalue weighted by Gasteiger charge is -2.36. The van der Waals surface area contributed by atoms with Gasteiger partial charge in [0.25, 0.3) is 0 Å². The van der Waals surface area contributed by atoms with Crippen molar-refractivity contribution in [3.63, 3.8) is 0 Å². The second kappa shape index (κ2) is 8.84. The number of benzene rings is 1. The van der Waals surface area contributed by atoms with Gasteiger partial charge in [0.15, 0.2) is 5.78 Å². The first kappa shape index (κ1) is 22.8. The number of ketones is 1. The molecule has 2 aliphatic rings. The summed E-state index contributed by atoms with van der Waals surface area (Å²) in [6.45, 7) is 11.2. The third-order valence-corrected chi connectivity index (χ3v) is 7.54. The molecule has 0 atom stereocenters. The Morgan fingerprint density at radius 2 is 1.84 bits per heavy atom. The minimum absolute atomic E-state index is 0.0442. The predicted octanol–water partition coefficient (Wildman–Crippen LogP) is 5.85. The highest BCUT2D eigenvalue weighted by Gasteiger charge is 2.33. The molecule has 32 heavy (non-hydrogen) atoms. The van der Waals surface area contributed by atoms with E-state index in [4.69, 9.17) is 4.74 Å². The topological polar surface area (TPSA) is 61.2 Å². The minimum atomic E-state index is -0.228. The number of fused-ring (bicyclic) bond motifs is 1. The molecular weight excluding hydrogens is 400 g/mol. The number of hydrogen-bond acceptors (Lipinski definition) is 4. The maximum Gasteiger partial charge on any atom is 0.315 e. The maximum atomic E-state index is 13.8. The van der Waals surface area contributed by atoms with Crippen LogP contribution in [0.5, 0.6) is 5.88 Å². The molecule has 1 aromatic carbocycles. The van der Waals surface area contributed by atoms with Crippen LogP contribution in [0.2, 0.25) is 0 Å². The Bertz CT molecular complexity index is 1040. The molecule has 1 saturated carbocycles. The third-order valence-electron chi connectivity index (χ3n) is 7.54. The minimum Gasteiger partial charge on any atom is -0.407 e. The van der Waals surface area contributed by atoms with Gasteiger partial charge >= 0.3 is 5.97 Å². The van der Waals surface area contributed by atoms with Crippen LogP contribution in [-0.2, 0) is 23.2 Å². The molecule has 0 amide bonds. The third kappa shape index (κ3) is 4.02. The average Bonchev–Trinajstić information content (AvgIpc) is 3.18. The standard InChI is InChI=1S/C27H36N2O3/c1-6-29-25(32-26(31)19-11-8-7-9-12-19)22(16-28-29)24(30)21-15-17(2)20-13-10-14-27(4,5)23(20)18(21)3/h15-16,19H,6-14H2,1-5H3. The van der Waals surface area contributed by atoms with Crippen molar-refractivity contribution in [2.75, 3.05) is 0 Å². The Morgan fingerprint density at radius 3 is 2.53 bits per heavy atom. The van der Waals surface area contributed by atoms with Crippen LogP contribution < -0.4 is 4.74 Å². The number of aryl methyl sites for hydroxylation is 2. The van der Waals surface area contributed by atoms with E-state index >= 15 is 0 Å². The quantitative estimate of drug-likeness (QED) is 0.436. The molecule has 0 bridgehead atoms. The fraction of sp³-hybridized carbons (Fsp3) is 0.593. The Balaban J connectivity index is 1.72. The van der Waals surface area contributed by atoms with Crippen LogP contribution in [0.25, 0.3) is 0 Å². The zero-order valence-electron chi connectivity index (χ0n) is 20.2. The first-order chi connectivity index (χ1) is 15.2. The Morgan fingerprint density at radius 1 is 1.12 bits per heavy atom. The average molecular weight is 437 g/mol. The van der Waals surface area contributed by atoms with E-state index in [0.717, 1.165) is 44.1 Å². The van der Waals surface area contributed by atoms with Gasteiger partial charge in [0.1, 0.15) is 5.56 Å². The molecular formula is C27H36N2O3. The molecule has 0 saturated heterocycles. The summed E-state index contributed by atoms with van der Waals surface area (Å²) in [6.07, 6.45) is 9.94. The molecule has 0 aliphatic heterocycles. The van der Waals surface area contributed by atoms with Gasteiger partial charge in [-0.1, -0.05) is 33.1 Å². The second-order valence-corrected chi connectivity index (χ2v) is 10.2. The van der Waals surface area contributed by atoms with E-state index in [0.29, 0.717) is 23.6 Å². The van der Waals surface area contributed by atoms with Crippen LogP contribution >= 0.6 is 0 Å². The molecule has 4 rings (SSSR count). The summed E-state index contributed by atoms with van der Waals surface area (Å²) in [5.74, 6) is -0.128. The monoisotopic (exact) mass is 436 g/mol. The van der Waals surface area contributed by atoms with Crippen LogP contribution in [-0.4, -0.2) is 21.5 Å². The number of nitrogens with zero attached hydrogens (tertiary/aromatic N) is 2. The number of hydrogen-bond donors (Lipinski definition) is 0. The van der Waals surface area contributed by atoms with Gasteiger partial charge in [-0.15, -0.1) is 0 Å². The lowest BCUT2D eigenvalue weighted by atomic mass is 9.68. The number of esters is 1. The summed E-state index contributed by atoms with van der Waals surface area (Å²) in [4.78, 5) is 26.6. The molecule has 5 nitrogen and oxygen atoms in total. The van der Waals surface area contributed by atoms with Crippen molar-refractivity contribution in [2.24, 2.45) is 5.92 Å². The van der Waals surface area contributed by atoms with Gasteiger partial charge in [0.05, 0.1) is 12.1 Å². The summed E-state index contributed by atoms with van der Waals surface area (Å²) >= 11 is 0. The van der Waals surface area contributed by atoms with Gasteiger partial charge in [-0.3, -0.25) is 9.59 Å². The highest BCUT2D eigenvalue weighted by Crippen LogP contribution is 2.42. The summed E-state index contributed by atoms with van der Waals surface area (Å²) in [7, 11) is 0. The first-order valence-electron chi connectivity index (χ1n) is 12.2. The van der Waals surface area contributed by atoms with Gasteiger partial charge in [-0.2, -0.15) is 5.10 Å². The van der Waals surface area contributed by atoms with E-state index in [1.54, 1.807) is 10.9 Å². The Labute approximate surface area is 191 Å².